The number of amides is 4. The number of ether oxygens (including phenoxy) is 2. The van der Waals surface area contributed by atoms with Crippen LogP contribution in [-0.2, 0) is 52.8 Å². The van der Waals surface area contributed by atoms with Crippen molar-refractivity contribution in [2.75, 3.05) is 40.4 Å². The number of rotatable bonds is 10. The van der Waals surface area contributed by atoms with Crippen LogP contribution in [-0.4, -0.2) is 130 Å². The fourth-order valence-corrected chi connectivity index (χ4v) is 9.96. The van der Waals surface area contributed by atoms with Crippen molar-refractivity contribution in [2.45, 2.75) is 117 Å². The minimum absolute atomic E-state index is 0.0125. The molecule has 4 amide bonds. The smallest absolute Gasteiger partial charge is 0.324 e. The molecule has 352 valence electrons. The van der Waals surface area contributed by atoms with Crippen molar-refractivity contribution in [2.24, 2.45) is 11.3 Å². The van der Waals surface area contributed by atoms with Gasteiger partial charge in [-0.2, -0.15) is 0 Å². The Morgan fingerprint density at radius 2 is 1.83 bits per heavy atom. The van der Waals surface area contributed by atoms with Crippen LogP contribution in [0.15, 0.2) is 54.7 Å². The number of phenols is 1. The van der Waals surface area contributed by atoms with Crippen molar-refractivity contribution in [1.82, 2.24) is 40.4 Å². The average Bonchev–Trinajstić information content (AvgIpc) is 4.09. The number of nitrogens with one attached hydrogen (secondary N) is 3. The topological polar surface area (TPSA) is 198 Å². The third kappa shape index (κ3) is 9.27. The standard InChI is InChI=1S/C50H64N8O8/c1-9-56-40-15-14-31-24-35(40)36(44(56)34-12-10-17-51-42(34)29(4)65-8)25-50(5,6)27-66-49(64)37-13-11-18-58(54-37)47(62)38(22-30-20-32(31)23-33(59)21-30)53-45(60)43(28(2)3)55(7)48(63)41-16-19-57(41)46(61)39-26-52-39/h10,12,14-15,17,20-21,23-24,28-29,37-39,41,43,52,54,59H,9,11,13,16,18-19,22,25-27H2,1-8H3,(H,53,60)/t29-,37-,38-,39-,41+,43?/m0/s1. The highest BCUT2D eigenvalue weighted by Gasteiger charge is 2.46. The Morgan fingerprint density at radius 3 is 2.52 bits per heavy atom. The zero-order valence-electron chi connectivity index (χ0n) is 39.3. The molecule has 6 heterocycles. The van der Waals surface area contributed by atoms with Crippen LogP contribution in [0, 0.1) is 11.3 Å². The fourth-order valence-electron chi connectivity index (χ4n) is 9.96. The van der Waals surface area contributed by atoms with E-state index in [1.807, 2.05) is 39.0 Å². The van der Waals surface area contributed by atoms with Crippen LogP contribution in [0.1, 0.15) is 83.7 Å². The molecule has 16 nitrogen and oxygen atoms in total. The first kappa shape index (κ1) is 46.7. The van der Waals surface area contributed by atoms with Crippen molar-refractivity contribution in [3.8, 4) is 28.1 Å². The number of carbonyl (C=O) groups is 5. The van der Waals surface area contributed by atoms with E-state index in [1.54, 1.807) is 37.4 Å². The molecule has 0 saturated carbocycles. The van der Waals surface area contributed by atoms with Crippen molar-refractivity contribution < 1.29 is 38.6 Å². The van der Waals surface area contributed by atoms with Gasteiger partial charge in [0.05, 0.1) is 30.1 Å². The van der Waals surface area contributed by atoms with Crippen LogP contribution >= 0.6 is 0 Å². The molecule has 0 aliphatic carbocycles. The largest absolute Gasteiger partial charge is 0.508 e. The lowest BCUT2D eigenvalue weighted by Crippen LogP contribution is -2.64. The first-order valence-corrected chi connectivity index (χ1v) is 23.3. The Hall–Kier alpha value is -5.84. The Kier molecular flexibility index (Phi) is 13.3. The molecular weight excluding hydrogens is 841 g/mol. The Bertz CT molecular complexity index is 2530. The second-order valence-corrected chi connectivity index (χ2v) is 19.5. The molecule has 3 saturated heterocycles. The van der Waals surface area contributed by atoms with Gasteiger partial charge >= 0.3 is 5.97 Å². The quantitative estimate of drug-likeness (QED) is 0.129. The number of fused-ring (bicyclic) bond motifs is 6. The molecule has 0 radical (unpaired) electrons. The highest BCUT2D eigenvalue weighted by molar-refractivity contribution is 5.97. The van der Waals surface area contributed by atoms with Gasteiger partial charge in [-0.3, -0.25) is 34.0 Å². The predicted octanol–water partition coefficient (Wildman–Crippen LogP) is 4.51. The number of hydrazine groups is 1. The predicted molar refractivity (Wildman–Crippen MR) is 249 cm³/mol. The molecule has 2 aromatic carbocycles. The number of methoxy groups -OCH3 is 1. The van der Waals surface area contributed by atoms with E-state index >= 15 is 0 Å². The number of likely N-dealkylation sites (tertiary alicyclic amines) is 1. The van der Waals surface area contributed by atoms with Gasteiger partial charge in [0.2, 0.25) is 17.7 Å². The van der Waals surface area contributed by atoms with Gasteiger partial charge in [-0.15, -0.1) is 0 Å². The van der Waals surface area contributed by atoms with Crippen LogP contribution in [0.4, 0.5) is 0 Å². The molecule has 3 fully saturated rings. The van der Waals surface area contributed by atoms with E-state index in [2.05, 4.69) is 59.6 Å². The van der Waals surface area contributed by atoms with Crippen molar-refractivity contribution >= 4 is 40.5 Å². The molecule has 2 aromatic heterocycles. The minimum atomic E-state index is -1.17. The maximum Gasteiger partial charge on any atom is 0.324 e. The Labute approximate surface area is 386 Å². The van der Waals surface area contributed by atoms with E-state index in [1.165, 1.54) is 9.91 Å². The molecular formula is C50H64N8O8. The number of esters is 1. The maximum absolute atomic E-state index is 14.7. The van der Waals surface area contributed by atoms with Crippen molar-refractivity contribution in [1.29, 1.82) is 0 Å². The third-order valence-electron chi connectivity index (χ3n) is 13.6. The average molecular weight is 905 g/mol. The zero-order valence-corrected chi connectivity index (χ0v) is 39.3. The third-order valence-corrected chi connectivity index (χ3v) is 13.6. The molecule has 4 aliphatic heterocycles. The van der Waals surface area contributed by atoms with E-state index in [4.69, 9.17) is 14.5 Å². The van der Waals surface area contributed by atoms with Crippen LogP contribution in [0.5, 0.6) is 5.75 Å². The monoisotopic (exact) mass is 904 g/mol. The summed E-state index contributed by atoms with van der Waals surface area (Å²) < 4.78 is 14.2. The normalized spacial score (nSPS) is 22.8. The first-order chi connectivity index (χ1) is 31.5. The molecule has 1 unspecified atom stereocenters. The van der Waals surface area contributed by atoms with Crippen LogP contribution in [0.3, 0.4) is 0 Å². The number of benzene rings is 2. The summed E-state index contributed by atoms with van der Waals surface area (Å²) in [5.41, 5.74) is 9.53. The van der Waals surface area contributed by atoms with Gasteiger partial charge < -0.3 is 39.6 Å². The van der Waals surface area contributed by atoms with E-state index in [-0.39, 0.29) is 55.2 Å². The number of nitrogens with zero attached hydrogens (tertiary/aromatic N) is 5. The zero-order chi connectivity index (χ0) is 47.2. The number of phenolic OH excluding ortho intramolecular Hbond substituents is 1. The number of hydrogen-bond acceptors (Lipinski definition) is 11. The van der Waals surface area contributed by atoms with Gasteiger partial charge in [0.25, 0.3) is 5.91 Å². The summed E-state index contributed by atoms with van der Waals surface area (Å²) in [6, 6.07) is 11.5. The number of aromatic hydroxyl groups is 1. The number of aryl methyl sites for hydroxylation is 1. The van der Waals surface area contributed by atoms with Gasteiger partial charge in [-0.05, 0) is 104 Å². The van der Waals surface area contributed by atoms with Gasteiger partial charge in [-0.25, -0.2) is 5.43 Å². The lowest BCUT2D eigenvalue weighted by atomic mass is 9.84. The number of likely N-dealkylation sites (N-methyl/N-ethyl adjacent to an activating group) is 1. The Morgan fingerprint density at radius 1 is 1.06 bits per heavy atom. The summed E-state index contributed by atoms with van der Waals surface area (Å²) in [7, 11) is 3.24. The van der Waals surface area contributed by atoms with E-state index in [0.717, 1.165) is 39.0 Å². The number of pyridine rings is 1. The summed E-state index contributed by atoms with van der Waals surface area (Å²) in [6.07, 6.45) is 3.46. The van der Waals surface area contributed by atoms with Gasteiger partial charge in [-0.1, -0.05) is 39.8 Å². The van der Waals surface area contributed by atoms with Crippen molar-refractivity contribution in [3.05, 3.63) is 71.5 Å². The van der Waals surface area contributed by atoms with Gasteiger partial charge in [0, 0.05) is 74.8 Å². The summed E-state index contributed by atoms with van der Waals surface area (Å²) in [5, 5.41) is 19.7. The molecule has 0 spiro atoms. The lowest BCUT2D eigenvalue weighted by Gasteiger charge is -2.43. The highest BCUT2D eigenvalue weighted by Crippen LogP contribution is 2.42. The van der Waals surface area contributed by atoms with E-state index in [0.29, 0.717) is 56.4 Å². The summed E-state index contributed by atoms with van der Waals surface area (Å²) >= 11 is 0. The van der Waals surface area contributed by atoms with Gasteiger partial charge in [0.1, 0.15) is 29.9 Å². The first-order valence-electron chi connectivity index (χ1n) is 23.3. The van der Waals surface area contributed by atoms with Crippen molar-refractivity contribution in [3.63, 3.8) is 0 Å². The van der Waals surface area contributed by atoms with Crippen LogP contribution in [0.25, 0.3) is 33.3 Å². The minimum Gasteiger partial charge on any atom is -0.508 e. The highest BCUT2D eigenvalue weighted by atomic mass is 16.5. The number of cyclic esters (lactones) is 1. The second-order valence-electron chi connectivity index (χ2n) is 19.5. The lowest BCUT2D eigenvalue weighted by molar-refractivity contribution is -0.156. The second kappa shape index (κ2) is 18.8. The number of hydrogen-bond donors (Lipinski definition) is 4. The Balaban J connectivity index is 1.20. The maximum atomic E-state index is 14.7. The van der Waals surface area contributed by atoms with Crippen LogP contribution in [0.2, 0.25) is 0 Å². The van der Waals surface area contributed by atoms with Gasteiger partial charge in [0.15, 0.2) is 0 Å². The molecule has 4 N–H and O–H groups in total. The molecule has 6 atom stereocenters. The number of carbonyl (C=O) groups excluding carboxylic acids is 5. The summed E-state index contributed by atoms with van der Waals surface area (Å²) in [5.74, 6) is -2.33. The molecule has 4 aliphatic rings. The van der Waals surface area contributed by atoms with Crippen LogP contribution < -0.4 is 16.1 Å². The molecule has 8 rings (SSSR count). The summed E-state index contributed by atoms with van der Waals surface area (Å²) in [6.45, 7) is 14.0. The molecule has 66 heavy (non-hydrogen) atoms. The molecule has 4 aromatic rings. The SMILES string of the molecule is CCn1c(-c2cccnc2[C@H](C)OC)c2c3cc(ccc31)-c1cc(O)cc(c1)C[C@H](NC(=O)C(C(C)C)N(C)C(=O)[C@H]1CCN1C(=O)[C@@H]1CN1)C(=O)N1CCC[C@H](N1)C(=O)OCC(C)(C)C2. The summed E-state index contributed by atoms with van der Waals surface area (Å²) in [4.78, 5) is 77.7. The molecule has 16 heteroatoms. The fraction of sp³-hybridized carbons (Fsp3) is 0.520. The van der Waals surface area contributed by atoms with E-state index < -0.39 is 47.4 Å². The number of aromatic nitrogens is 2. The van der Waals surface area contributed by atoms with E-state index in [9.17, 15) is 29.1 Å². The molecule has 6 bridgehead atoms.